The van der Waals surface area contributed by atoms with Crippen molar-refractivity contribution in [1.29, 1.82) is 0 Å². The lowest BCUT2D eigenvalue weighted by molar-refractivity contribution is -0.142. The number of likely N-dealkylation sites (tertiary alicyclic amines) is 1. The zero-order chi connectivity index (χ0) is 14.5. The number of benzene rings is 1. The summed E-state index contributed by atoms with van der Waals surface area (Å²) in [5, 5.41) is 0. The summed E-state index contributed by atoms with van der Waals surface area (Å²) in [5.41, 5.74) is 1.25. The summed E-state index contributed by atoms with van der Waals surface area (Å²) in [4.78, 5) is 13.8. The third kappa shape index (κ3) is 3.51. The van der Waals surface area contributed by atoms with Gasteiger partial charge in [-0.2, -0.15) is 0 Å². The number of nitrogens with zero attached hydrogens (tertiary/aromatic N) is 1. The van der Waals surface area contributed by atoms with E-state index in [1.807, 2.05) is 12.1 Å². The third-order valence-electron chi connectivity index (χ3n) is 4.14. The van der Waals surface area contributed by atoms with E-state index >= 15 is 0 Å². The van der Waals surface area contributed by atoms with Crippen LogP contribution in [0.2, 0.25) is 0 Å². The fraction of sp³-hybridized carbons (Fsp3) is 0.562. The first kappa shape index (κ1) is 14.9. The van der Waals surface area contributed by atoms with Crippen molar-refractivity contribution < 1.29 is 14.3 Å². The third-order valence-corrected chi connectivity index (χ3v) is 4.14. The van der Waals surface area contributed by atoms with Gasteiger partial charge in [0.15, 0.2) is 0 Å². The first-order chi connectivity index (χ1) is 9.63. The molecule has 1 aromatic rings. The number of ether oxygens (including phenoxy) is 2. The van der Waals surface area contributed by atoms with Gasteiger partial charge >= 0.3 is 5.97 Å². The van der Waals surface area contributed by atoms with Crippen molar-refractivity contribution in [3.8, 4) is 5.75 Å². The van der Waals surface area contributed by atoms with Crippen molar-refractivity contribution in [3.63, 3.8) is 0 Å². The summed E-state index contributed by atoms with van der Waals surface area (Å²) in [7, 11) is 5.28. The molecule has 0 bridgehead atoms. The molecule has 1 saturated heterocycles. The Morgan fingerprint density at radius 2 is 2.20 bits per heavy atom. The van der Waals surface area contributed by atoms with Crippen molar-refractivity contribution >= 4 is 5.97 Å². The molecule has 20 heavy (non-hydrogen) atoms. The molecule has 0 amide bonds. The Hall–Kier alpha value is -1.55. The lowest BCUT2D eigenvalue weighted by atomic mass is 9.85. The average molecular weight is 277 g/mol. The Labute approximate surface area is 120 Å². The van der Waals surface area contributed by atoms with E-state index in [2.05, 4.69) is 24.1 Å². The molecule has 110 valence electrons. The van der Waals surface area contributed by atoms with E-state index in [9.17, 15) is 4.79 Å². The molecule has 0 N–H and O–H groups in total. The lowest BCUT2D eigenvalue weighted by Gasteiger charge is -2.37. The summed E-state index contributed by atoms with van der Waals surface area (Å²) >= 11 is 0. The molecule has 1 aromatic carbocycles. The Kier molecular flexibility index (Phi) is 5.01. The van der Waals surface area contributed by atoms with E-state index in [0.29, 0.717) is 18.4 Å². The summed E-state index contributed by atoms with van der Waals surface area (Å²) in [6.45, 7) is 1.00. The topological polar surface area (TPSA) is 38.8 Å². The molecular weight excluding hydrogens is 254 g/mol. The summed E-state index contributed by atoms with van der Waals surface area (Å²) < 4.78 is 10.1. The molecule has 1 heterocycles. The molecule has 1 aliphatic heterocycles. The van der Waals surface area contributed by atoms with Crippen LogP contribution in [0.4, 0.5) is 0 Å². The second-order valence-corrected chi connectivity index (χ2v) is 5.44. The van der Waals surface area contributed by atoms with Gasteiger partial charge in [-0.25, -0.2) is 0 Å². The van der Waals surface area contributed by atoms with E-state index in [4.69, 9.17) is 9.47 Å². The van der Waals surface area contributed by atoms with Gasteiger partial charge in [-0.15, -0.1) is 0 Å². The van der Waals surface area contributed by atoms with Gasteiger partial charge in [0.2, 0.25) is 0 Å². The van der Waals surface area contributed by atoms with E-state index in [0.717, 1.165) is 25.1 Å². The molecule has 0 aliphatic carbocycles. The van der Waals surface area contributed by atoms with Crippen LogP contribution < -0.4 is 4.74 Å². The highest BCUT2D eigenvalue weighted by molar-refractivity contribution is 5.69. The van der Waals surface area contributed by atoms with Crippen LogP contribution in [0.15, 0.2) is 24.3 Å². The van der Waals surface area contributed by atoms with E-state index in [1.165, 1.54) is 12.7 Å². The van der Waals surface area contributed by atoms with Crippen LogP contribution in [-0.4, -0.2) is 38.7 Å². The summed E-state index contributed by atoms with van der Waals surface area (Å²) in [6.07, 6.45) is 2.55. The van der Waals surface area contributed by atoms with Gasteiger partial charge in [-0.05, 0) is 50.0 Å². The first-order valence-electron chi connectivity index (χ1n) is 7.05. The molecule has 1 fully saturated rings. The first-order valence-corrected chi connectivity index (χ1v) is 7.05. The van der Waals surface area contributed by atoms with Crippen molar-refractivity contribution in [2.24, 2.45) is 5.92 Å². The zero-order valence-electron chi connectivity index (χ0n) is 12.5. The standard InChI is InChI=1S/C16H23NO3/c1-17-8-7-12(10-16(18)20-3)9-15(17)13-5-4-6-14(11-13)19-2/h4-6,11-12,15H,7-10H2,1-3H3/t12-,15+/m1/s1. The number of carbonyl (C=O) groups is 1. The van der Waals surface area contributed by atoms with Crippen LogP contribution >= 0.6 is 0 Å². The summed E-state index contributed by atoms with van der Waals surface area (Å²) in [6, 6.07) is 8.53. The molecule has 1 aliphatic rings. The quantitative estimate of drug-likeness (QED) is 0.793. The van der Waals surface area contributed by atoms with E-state index in [-0.39, 0.29) is 5.97 Å². The van der Waals surface area contributed by atoms with Gasteiger partial charge < -0.3 is 9.47 Å². The van der Waals surface area contributed by atoms with Crippen molar-refractivity contribution in [3.05, 3.63) is 29.8 Å². The van der Waals surface area contributed by atoms with Gasteiger partial charge in [0, 0.05) is 12.5 Å². The minimum absolute atomic E-state index is 0.107. The minimum atomic E-state index is -0.107. The molecular formula is C16H23NO3. The van der Waals surface area contributed by atoms with Crippen LogP contribution in [0.1, 0.15) is 30.9 Å². The van der Waals surface area contributed by atoms with Crippen LogP contribution in [0.25, 0.3) is 0 Å². The smallest absolute Gasteiger partial charge is 0.305 e. The van der Waals surface area contributed by atoms with Gasteiger partial charge in [0.1, 0.15) is 5.75 Å². The SMILES string of the molecule is COC(=O)C[C@@H]1CCN(C)[C@H](c2cccc(OC)c2)C1. The van der Waals surface area contributed by atoms with Crippen molar-refractivity contribution in [1.82, 2.24) is 4.90 Å². The van der Waals surface area contributed by atoms with Crippen LogP contribution in [0, 0.1) is 5.92 Å². The fourth-order valence-corrected chi connectivity index (χ4v) is 2.90. The maximum Gasteiger partial charge on any atom is 0.305 e. The van der Waals surface area contributed by atoms with E-state index < -0.39 is 0 Å². The minimum Gasteiger partial charge on any atom is -0.497 e. The monoisotopic (exact) mass is 277 g/mol. The molecule has 2 rings (SSSR count). The molecule has 0 spiro atoms. The highest BCUT2D eigenvalue weighted by Gasteiger charge is 2.28. The molecule has 4 nitrogen and oxygen atoms in total. The Bertz CT molecular complexity index is 461. The second kappa shape index (κ2) is 6.75. The number of carbonyl (C=O) groups excluding carboxylic acids is 1. The number of esters is 1. The Morgan fingerprint density at radius 3 is 2.90 bits per heavy atom. The molecule has 2 atom stereocenters. The lowest BCUT2D eigenvalue weighted by Crippen LogP contribution is -2.34. The molecule has 0 saturated carbocycles. The largest absolute Gasteiger partial charge is 0.497 e. The molecule has 0 aromatic heterocycles. The fourth-order valence-electron chi connectivity index (χ4n) is 2.90. The number of methoxy groups -OCH3 is 2. The van der Waals surface area contributed by atoms with Gasteiger partial charge in [0.05, 0.1) is 14.2 Å². The normalized spacial score (nSPS) is 23.4. The molecule has 0 unspecified atom stereocenters. The van der Waals surface area contributed by atoms with Gasteiger partial charge in [-0.1, -0.05) is 12.1 Å². The number of hydrogen-bond donors (Lipinski definition) is 0. The van der Waals surface area contributed by atoms with E-state index in [1.54, 1.807) is 7.11 Å². The zero-order valence-corrected chi connectivity index (χ0v) is 12.5. The van der Waals surface area contributed by atoms with Crippen molar-refractivity contribution in [2.75, 3.05) is 27.8 Å². The highest BCUT2D eigenvalue weighted by atomic mass is 16.5. The molecule has 4 heteroatoms. The Balaban J connectivity index is 2.09. The number of hydrogen-bond acceptors (Lipinski definition) is 4. The highest BCUT2D eigenvalue weighted by Crippen LogP contribution is 2.35. The maximum atomic E-state index is 11.4. The number of rotatable bonds is 4. The van der Waals surface area contributed by atoms with Gasteiger partial charge in [0.25, 0.3) is 0 Å². The Morgan fingerprint density at radius 1 is 1.40 bits per heavy atom. The molecule has 0 radical (unpaired) electrons. The predicted molar refractivity (Wildman–Crippen MR) is 77.7 cm³/mol. The van der Waals surface area contributed by atoms with Gasteiger partial charge in [-0.3, -0.25) is 9.69 Å². The average Bonchev–Trinajstić information content (AvgIpc) is 2.49. The van der Waals surface area contributed by atoms with Crippen LogP contribution in [0.3, 0.4) is 0 Å². The van der Waals surface area contributed by atoms with Crippen molar-refractivity contribution in [2.45, 2.75) is 25.3 Å². The van der Waals surface area contributed by atoms with Crippen LogP contribution in [0.5, 0.6) is 5.75 Å². The maximum absolute atomic E-state index is 11.4. The second-order valence-electron chi connectivity index (χ2n) is 5.44. The number of piperidine rings is 1. The summed E-state index contributed by atoms with van der Waals surface area (Å²) in [5.74, 6) is 1.17. The van der Waals surface area contributed by atoms with Crippen LogP contribution in [-0.2, 0) is 9.53 Å². The predicted octanol–water partition coefficient (Wildman–Crippen LogP) is 2.64.